The van der Waals surface area contributed by atoms with Crippen molar-refractivity contribution in [2.45, 2.75) is 50.6 Å². The number of rotatable bonds is 4. The number of benzene rings is 1. The quantitative estimate of drug-likeness (QED) is 0.876. The van der Waals surface area contributed by atoms with E-state index in [-0.39, 0.29) is 24.4 Å². The van der Waals surface area contributed by atoms with Gasteiger partial charge in [-0.3, -0.25) is 9.69 Å². The molecule has 3 rings (SSSR count). The van der Waals surface area contributed by atoms with Gasteiger partial charge >= 0.3 is 0 Å². The van der Waals surface area contributed by atoms with E-state index in [1.165, 1.54) is 24.8 Å². The van der Waals surface area contributed by atoms with Gasteiger partial charge in [-0.2, -0.15) is 0 Å². The molecule has 1 aromatic rings. The Morgan fingerprint density at radius 3 is 2.62 bits per heavy atom. The maximum absolute atomic E-state index is 12.4. The summed E-state index contributed by atoms with van der Waals surface area (Å²) in [7, 11) is 0. The summed E-state index contributed by atoms with van der Waals surface area (Å²) in [6.07, 6.45) is 4.89. The number of halogens is 1. The fourth-order valence-corrected chi connectivity index (χ4v) is 4.08. The fourth-order valence-electron chi connectivity index (χ4n) is 4.08. The zero-order chi connectivity index (χ0) is 16.2. The highest BCUT2D eigenvalue weighted by Crippen LogP contribution is 2.26. The van der Waals surface area contributed by atoms with Gasteiger partial charge in [0.05, 0.1) is 6.54 Å². The van der Waals surface area contributed by atoms with Crippen LogP contribution in [0.3, 0.4) is 0 Å². The lowest BCUT2D eigenvalue weighted by Crippen LogP contribution is -2.45. The molecule has 4 atom stereocenters. The van der Waals surface area contributed by atoms with Gasteiger partial charge in [0.25, 0.3) is 0 Å². The molecule has 1 heterocycles. The second-order valence-corrected chi connectivity index (χ2v) is 7.31. The molecule has 2 aliphatic rings. The topological polar surface area (TPSA) is 58.4 Å². The summed E-state index contributed by atoms with van der Waals surface area (Å²) in [4.78, 5) is 14.6. The Labute approximate surface area is 151 Å². The molecule has 1 saturated carbocycles. The molecule has 0 spiro atoms. The van der Waals surface area contributed by atoms with Crippen LogP contribution in [0, 0.1) is 5.92 Å². The minimum Gasteiger partial charge on any atom is -0.352 e. The van der Waals surface area contributed by atoms with Crippen molar-refractivity contribution in [2.75, 3.05) is 19.6 Å². The smallest absolute Gasteiger partial charge is 0.234 e. The zero-order valence-corrected chi connectivity index (χ0v) is 15.3. The van der Waals surface area contributed by atoms with E-state index >= 15 is 0 Å². The lowest BCUT2D eigenvalue weighted by molar-refractivity contribution is -0.123. The van der Waals surface area contributed by atoms with Crippen LogP contribution in [0.25, 0.3) is 0 Å². The number of nitrogens with two attached hydrogens (primary N) is 1. The molecule has 1 aliphatic heterocycles. The van der Waals surface area contributed by atoms with E-state index < -0.39 is 0 Å². The maximum atomic E-state index is 12.4. The Morgan fingerprint density at radius 2 is 1.92 bits per heavy atom. The lowest BCUT2D eigenvalue weighted by Gasteiger charge is -2.30. The van der Waals surface area contributed by atoms with Gasteiger partial charge in [0.1, 0.15) is 0 Å². The largest absolute Gasteiger partial charge is 0.352 e. The van der Waals surface area contributed by atoms with Gasteiger partial charge in [-0.05, 0) is 24.3 Å². The van der Waals surface area contributed by atoms with Crippen molar-refractivity contribution in [3.63, 3.8) is 0 Å². The van der Waals surface area contributed by atoms with Crippen LogP contribution < -0.4 is 11.1 Å². The van der Waals surface area contributed by atoms with Crippen molar-refractivity contribution in [1.29, 1.82) is 0 Å². The number of amides is 1. The highest BCUT2D eigenvalue weighted by atomic mass is 35.5. The predicted octanol–water partition coefficient (Wildman–Crippen LogP) is 2.53. The summed E-state index contributed by atoms with van der Waals surface area (Å²) in [5.41, 5.74) is 7.59. The van der Waals surface area contributed by atoms with Crippen molar-refractivity contribution >= 4 is 18.3 Å². The standard InChI is InChI=1S/C19H29N3O.ClH/c1-14-7-5-6-10-18(14)21-19(23)13-22-11-16(17(20)12-22)15-8-3-2-4-9-15;/h2-4,8-9,14,16-18H,5-7,10-13,20H2,1H3,(H,21,23);1H/t14?,16-,17+,18?;/m0./s1. The van der Waals surface area contributed by atoms with Crippen LogP contribution in [0.1, 0.15) is 44.1 Å². The molecule has 1 aliphatic carbocycles. The molecular formula is C19H30ClN3O. The van der Waals surface area contributed by atoms with Gasteiger partial charge in [0, 0.05) is 31.1 Å². The number of hydrogen-bond acceptors (Lipinski definition) is 3. The van der Waals surface area contributed by atoms with Crippen molar-refractivity contribution in [2.24, 2.45) is 11.7 Å². The summed E-state index contributed by atoms with van der Waals surface area (Å²) < 4.78 is 0. The molecular weight excluding hydrogens is 322 g/mol. The van der Waals surface area contributed by atoms with E-state index in [4.69, 9.17) is 5.73 Å². The Bertz CT molecular complexity index is 525. The third-order valence-electron chi connectivity index (χ3n) is 5.49. The van der Waals surface area contributed by atoms with Crippen LogP contribution in [0.5, 0.6) is 0 Å². The van der Waals surface area contributed by atoms with Gasteiger partial charge in [-0.25, -0.2) is 0 Å². The van der Waals surface area contributed by atoms with Crippen LogP contribution in [0.2, 0.25) is 0 Å². The third kappa shape index (κ3) is 4.71. The highest BCUT2D eigenvalue weighted by Gasteiger charge is 2.32. The summed E-state index contributed by atoms with van der Waals surface area (Å²) in [6.45, 7) is 4.40. The number of carbonyl (C=O) groups excluding carboxylic acids is 1. The third-order valence-corrected chi connectivity index (χ3v) is 5.49. The van der Waals surface area contributed by atoms with E-state index in [1.54, 1.807) is 0 Å². The van der Waals surface area contributed by atoms with Crippen molar-refractivity contribution < 1.29 is 4.79 Å². The monoisotopic (exact) mass is 351 g/mol. The Morgan fingerprint density at radius 1 is 1.21 bits per heavy atom. The van der Waals surface area contributed by atoms with Crippen molar-refractivity contribution in [1.82, 2.24) is 10.2 Å². The molecule has 3 N–H and O–H groups in total. The maximum Gasteiger partial charge on any atom is 0.234 e. The van der Waals surface area contributed by atoms with E-state index in [9.17, 15) is 4.79 Å². The minimum atomic E-state index is 0. The Kier molecular flexibility index (Phi) is 7.08. The highest BCUT2D eigenvalue weighted by molar-refractivity contribution is 5.85. The summed E-state index contributed by atoms with van der Waals surface area (Å²) in [6, 6.07) is 10.9. The van der Waals surface area contributed by atoms with Gasteiger partial charge < -0.3 is 11.1 Å². The van der Waals surface area contributed by atoms with E-state index in [0.717, 1.165) is 19.5 Å². The summed E-state index contributed by atoms with van der Waals surface area (Å²) >= 11 is 0. The summed E-state index contributed by atoms with van der Waals surface area (Å²) in [5.74, 6) is 1.09. The number of hydrogen-bond donors (Lipinski definition) is 2. The minimum absolute atomic E-state index is 0. The SMILES string of the molecule is CC1CCCCC1NC(=O)CN1C[C@@H](N)[C@H](c2ccccc2)C1.Cl. The molecule has 134 valence electrons. The summed E-state index contributed by atoms with van der Waals surface area (Å²) in [5, 5.41) is 3.24. The van der Waals surface area contributed by atoms with E-state index in [1.807, 2.05) is 6.07 Å². The molecule has 24 heavy (non-hydrogen) atoms. The normalized spacial score (nSPS) is 30.6. The molecule has 1 saturated heterocycles. The molecule has 1 amide bonds. The number of nitrogens with zero attached hydrogens (tertiary/aromatic N) is 1. The van der Waals surface area contributed by atoms with Crippen LogP contribution in [-0.2, 0) is 4.79 Å². The number of carbonyl (C=O) groups is 1. The van der Waals surface area contributed by atoms with Gasteiger partial charge in [0.15, 0.2) is 0 Å². The van der Waals surface area contributed by atoms with E-state index in [0.29, 0.717) is 24.4 Å². The zero-order valence-electron chi connectivity index (χ0n) is 14.5. The van der Waals surface area contributed by atoms with Gasteiger partial charge in [0.2, 0.25) is 5.91 Å². The van der Waals surface area contributed by atoms with Crippen molar-refractivity contribution in [3.05, 3.63) is 35.9 Å². The molecule has 2 fully saturated rings. The molecule has 5 heteroatoms. The second-order valence-electron chi connectivity index (χ2n) is 7.31. The number of nitrogens with one attached hydrogen (secondary N) is 1. The van der Waals surface area contributed by atoms with Crippen molar-refractivity contribution in [3.8, 4) is 0 Å². The first-order valence-corrected chi connectivity index (χ1v) is 8.95. The molecule has 0 bridgehead atoms. The second kappa shape index (κ2) is 8.84. The Hall–Kier alpha value is -1.10. The van der Waals surface area contributed by atoms with E-state index in [2.05, 4.69) is 41.4 Å². The van der Waals surface area contributed by atoms with Crippen LogP contribution in [-0.4, -0.2) is 42.5 Å². The molecule has 1 aromatic carbocycles. The lowest BCUT2D eigenvalue weighted by atomic mass is 9.86. The Balaban J connectivity index is 0.00000208. The molecule has 0 radical (unpaired) electrons. The number of likely N-dealkylation sites (tertiary alicyclic amines) is 1. The first-order valence-electron chi connectivity index (χ1n) is 8.95. The molecule has 2 unspecified atom stereocenters. The first-order chi connectivity index (χ1) is 11.1. The molecule has 0 aromatic heterocycles. The molecule has 4 nitrogen and oxygen atoms in total. The van der Waals surface area contributed by atoms with Gasteiger partial charge in [-0.1, -0.05) is 50.1 Å². The van der Waals surface area contributed by atoms with Crippen LogP contribution >= 0.6 is 12.4 Å². The first kappa shape index (κ1) is 19.2. The average Bonchev–Trinajstić information content (AvgIpc) is 2.91. The van der Waals surface area contributed by atoms with Crippen LogP contribution in [0.4, 0.5) is 0 Å². The van der Waals surface area contributed by atoms with Crippen LogP contribution in [0.15, 0.2) is 30.3 Å². The fraction of sp³-hybridized carbons (Fsp3) is 0.632. The van der Waals surface area contributed by atoms with Gasteiger partial charge in [-0.15, -0.1) is 12.4 Å². The average molecular weight is 352 g/mol. The predicted molar refractivity (Wildman–Crippen MR) is 100 cm³/mol.